The van der Waals surface area contributed by atoms with E-state index in [1.807, 2.05) is 24.0 Å². The van der Waals surface area contributed by atoms with Crippen LogP contribution in [0.2, 0.25) is 0 Å². The highest BCUT2D eigenvalue weighted by atomic mass is 16.6. The Balaban J connectivity index is 1.40. The molecule has 1 saturated heterocycles. The number of fused-ring (bicyclic) bond motifs is 2. The predicted molar refractivity (Wildman–Crippen MR) is 112 cm³/mol. The highest BCUT2D eigenvalue weighted by Gasteiger charge is 2.53. The summed E-state index contributed by atoms with van der Waals surface area (Å²) in [6.07, 6.45) is 16.3. The average molecular weight is 392 g/mol. The van der Waals surface area contributed by atoms with Crippen LogP contribution >= 0.6 is 0 Å². The van der Waals surface area contributed by atoms with Crippen molar-refractivity contribution in [1.29, 1.82) is 0 Å². The summed E-state index contributed by atoms with van der Waals surface area (Å²) >= 11 is 0. The Morgan fingerprint density at radius 1 is 1.21 bits per heavy atom. The van der Waals surface area contributed by atoms with Gasteiger partial charge in [0.1, 0.15) is 6.10 Å². The number of aromatic nitrogens is 3. The van der Waals surface area contributed by atoms with Crippen LogP contribution in [0.5, 0.6) is 0 Å². The second-order valence-corrected chi connectivity index (χ2v) is 9.07. The summed E-state index contributed by atoms with van der Waals surface area (Å²) in [4.78, 5) is 21.3. The zero-order chi connectivity index (χ0) is 20.0. The highest BCUT2D eigenvalue weighted by Crippen LogP contribution is 2.53. The van der Waals surface area contributed by atoms with Gasteiger partial charge in [-0.1, -0.05) is 25.3 Å². The molecule has 3 heterocycles. The molecule has 2 aromatic heterocycles. The lowest BCUT2D eigenvalue weighted by atomic mass is 9.57. The van der Waals surface area contributed by atoms with Crippen LogP contribution < -0.4 is 0 Å². The van der Waals surface area contributed by atoms with E-state index in [1.54, 1.807) is 6.33 Å². The first-order valence-corrected chi connectivity index (χ1v) is 10.9. The molecule has 2 aliphatic carbocycles. The van der Waals surface area contributed by atoms with Crippen molar-refractivity contribution in [1.82, 2.24) is 14.5 Å². The molecule has 152 valence electrons. The quantitative estimate of drug-likeness (QED) is 0.723. The summed E-state index contributed by atoms with van der Waals surface area (Å²) < 4.78 is 7.66. The number of pyridine rings is 1. The number of carbonyl (C=O) groups is 1. The lowest BCUT2D eigenvalue weighted by Gasteiger charge is -2.45. The van der Waals surface area contributed by atoms with E-state index in [1.165, 1.54) is 25.7 Å². The fraction of sp³-hybridized carbons (Fsp3) is 0.542. The van der Waals surface area contributed by atoms with Gasteiger partial charge in [0.25, 0.3) is 0 Å². The Labute approximate surface area is 172 Å². The topological polar surface area (TPSA) is 57.0 Å². The number of rotatable bonds is 3. The number of carbonyl (C=O) groups excluding carboxylic acids is 1. The fourth-order valence-electron chi connectivity index (χ4n) is 6.09. The summed E-state index contributed by atoms with van der Waals surface area (Å²) in [5.41, 5.74) is 3.09. The monoisotopic (exact) mass is 391 g/mol. The largest absolute Gasteiger partial charge is 0.462 e. The van der Waals surface area contributed by atoms with Crippen LogP contribution in [0.25, 0.3) is 17.3 Å². The number of esters is 1. The minimum absolute atomic E-state index is 0.0187. The Bertz CT molecular complexity index is 916. The molecule has 3 aliphatic rings. The average Bonchev–Trinajstić information content (AvgIpc) is 3.28. The van der Waals surface area contributed by atoms with Crippen LogP contribution in [0.15, 0.2) is 36.9 Å². The van der Waals surface area contributed by atoms with Crippen molar-refractivity contribution in [3.8, 4) is 11.3 Å². The Kier molecular flexibility index (Phi) is 4.76. The molecule has 0 unspecified atom stereocenters. The zero-order valence-electron chi connectivity index (χ0n) is 17.2. The number of hydrogen-bond donors (Lipinski definition) is 0. The molecule has 5 rings (SSSR count). The maximum absolute atomic E-state index is 12.4. The molecule has 0 radical (unpaired) electrons. The van der Waals surface area contributed by atoms with Crippen molar-refractivity contribution in [2.75, 3.05) is 0 Å². The molecule has 3 fully saturated rings. The molecule has 5 nitrogen and oxygen atoms in total. The number of allylic oxidation sites excluding steroid dienone is 1. The van der Waals surface area contributed by atoms with Crippen molar-refractivity contribution in [2.24, 2.45) is 36.6 Å². The normalized spacial score (nSPS) is 34.1. The van der Waals surface area contributed by atoms with Gasteiger partial charge >= 0.3 is 5.97 Å². The number of aryl methyl sites for hydroxylation is 1. The van der Waals surface area contributed by atoms with Gasteiger partial charge in [-0.15, -0.1) is 0 Å². The van der Waals surface area contributed by atoms with Crippen molar-refractivity contribution in [2.45, 2.75) is 45.1 Å². The third-order valence-corrected chi connectivity index (χ3v) is 7.46. The lowest BCUT2D eigenvalue weighted by Crippen LogP contribution is -2.42. The van der Waals surface area contributed by atoms with Crippen molar-refractivity contribution in [3.05, 3.63) is 42.6 Å². The minimum atomic E-state index is 0.0187. The number of cyclic esters (lactones) is 1. The van der Waals surface area contributed by atoms with E-state index in [0.717, 1.165) is 23.4 Å². The molecule has 0 amide bonds. The summed E-state index contributed by atoms with van der Waals surface area (Å²) in [7, 11) is 1.99. The molecule has 0 N–H and O–H groups in total. The first-order valence-electron chi connectivity index (χ1n) is 10.9. The molecule has 29 heavy (non-hydrogen) atoms. The minimum Gasteiger partial charge on any atom is -0.462 e. The van der Waals surface area contributed by atoms with E-state index in [-0.39, 0.29) is 18.0 Å². The Hall–Kier alpha value is -2.43. The van der Waals surface area contributed by atoms with Gasteiger partial charge in [-0.2, -0.15) is 0 Å². The molecular formula is C24H29N3O2. The summed E-state index contributed by atoms with van der Waals surface area (Å²) in [6.45, 7) is 2.08. The molecule has 1 aliphatic heterocycles. The zero-order valence-corrected chi connectivity index (χ0v) is 17.2. The van der Waals surface area contributed by atoms with E-state index >= 15 is 0 Å². The standard InChI is InChI=1S/C24H29N3O2/c1-15-23-20(19-6-4-3-5-16(19)11-21(23)24(28)29-15)10-9-18-8-7-17(12-26-18)22-13-25-14-27(22)2/h7-10,12-16,19-21,23H,3-6,11H2,1-2H3/b10-9+/t15-,16+,19-,20+,21-,23+/m1/s1. The molecule has 0 bridgehead atoms. The van der Waals surface area contributed by atoms with Crippen LogP contribution in [0.1, 0.15) is 44.7 Å². The molecule has 2 saturated carbocycles. The van der Waals surface area contributed by atoms with Crippen LogP contribution in [0.3, 0.4) is 0 Å². The van der Waals surface area contributed by atoms with E-state index in [9.17, 15) is 4.79 Å². The van der Waals surface area contributed by atoms with Crippen molar-refractivity contribution >= 4 is 12.0 Å². The van der Waals surface area contributed by atoms with E-state index in [0.29, 0.717) is 23.7 Å². The second kappa shape index (κ2) is 7.43. The smallest absolute Gasteiger partial charge is 0.309 e. The number of nitrogens with zero attached hydrogens (tertiary/aromatic N) is 3. The summed E-state index contributed by atoms with van der Waals surface area (Å²) in [6, 6.07) is 4.17. The van der Waals surface area contributed by atoms with Gasteiger partial charge < -0.3 is 9.30 Å². The van der Waals surface area contributed by atoms with Gasteiger partial charge in [0.05, 0.1) is 29.8 Å². The van der Waals surface area contributed by atoms with E-state index in [4.69, 9.17) is 4.74 Å². The highest BCUT2D eigenvalue weighted by molar-refractivity contribution is 5.75. The molecule has 0 spiro atoms. The first kappa shape index (κ1) is 18.6. The van der Waals surface area contributed by atoms with Gasteiger partial charge in [0.2, 0.25) is 0 Å². The number of ether oxygens (including phenoxy) is 1. The van der Waals surface area contributed by atoms with Crippen LogP contribution in [-0.4, -0.2) is 26.6 Å². The van der Waals surface area contributed by atoms with Crippen LogP contribution in [0, 0.1) is 29.6 Å². The SMILES string of the molecule is C[C@H]1OC(=O)[C@@H]2C[C@@H]3CCCC[C@H]3[C@H](/C=C/c3ccc(-c4cncn4C)cn3)[C@H]12. The number of imidazole rings is 1. The first-order chi connectivity index (χ1) is 14.1. The number of hydrogen-bond acceptors (Lipinski definition) is 4. The summed E-state index contributed by atoms with van der Waals surface area (Å²) in [5, 5.41) is 0. The molecular weight excluding hydrogens is 362 g/mol. The summed E-state index contributed by atoms with van der Waals surface area (Å²) in [5.74, 6) is 2.17. The van der Waals surface area contributed by atoms with E-state index in [2.05, 4.69) is 41.2 Å². The molecule has 5 heteroatoms. The van der Waals surface area contributed by atoms with Gasteiger partial charge in [0.15, 0.2) is 0 Å². The van der Waals surface area contributed by atoms with Gasteiger partial charge in [-0.3, -0.25) is 9.78 Å². The van der Waals surface area contributed by atoms with Gasteiger partial charge in [-0.25, -0.2) is 4.98 Å². The Morgan fingerprint density at radius 2 is 2.07 bits per heavy atom. The van der Waals surface area contributed by atoms with Crippen LogP contribution in [-0.2, 0) is 16.6 Å². The van der Waals surface area contributed by atoms with Gasteiger partial charge in [0, 0.05) is 24.7 Å². The Morgan fingerprint density at radius 3 is 2.83 bits per heavy atom. The molecule has 2 aromatic rings. The predicted octanol–water partition coefficient (Wildman–Crippen LogP) is 4.50. The molecule has 0 aromatic carbocycles. The second-order valence-electron chi connectivity index (χ2n) is 9.07. The lowest BCUT2D eigenvalue weighted by molar-refractivity contribution is -0.144. The van der Waals surface area contributed by atoms with Crippen molar-refractivity contribution < 1.29 is 9.53 Å². The van der Waals surface area contributed by atoms with Crippen LogP contribution in [0.4, 0.5) is 0 Å². The van der Waals surface area contributed by atoms with Crippen molar-refractivity contribution in [3.63, 3.8) is 0 Å². The third kappa shape index (κ3) is 3.30. The maximum Gasteiger partial charge on any atom is 0.309 e. The molecule has 6 atom stereocenters. The fourth-order valence-corrected chi connectivity index (χ4v) is 6.09. The maximum atomic E-state index is 12.4. The van der Waals surface area contributed by atoms with E-state index < -0.39 is 0 Å². The third-order valence-electron chi connectivity index (χ3n) is 7.46. The van der Waals surface area contributed by atoms with Gasteiger partial charge in [-0.05, 0) is 55.7 Å².